The second-order valence-electron chi connectivity index (χ2n) is 7.08. The van der Waals surface area contributed by atoms with Crippen molar-refractivity contribution in [3.8, 4) is 11.4 Å². The van der Waals surface area contributed by atoms with E-state index >= 15 is 0 Å². The molecule has 2 aromatic rings. The first kappa shape index (κ1) is 17.9. The maximum atomic E-state index is 5.97. The molecule has 0 spiro atoms. The number of aromatic nitrogens is 4. The first-order chi connectivity index (χ1) is 12.2. The van der Waals surface area contributed by atoms with Crippen LogP contribution in [0.1, 0.15) is 52.1 Å². The Bertz CT molecular complexity index is 669. The Morgan fingerprint density at radius 1 is 1.28 bits per heavy atom. The Morgan fingerprint density at radius 2 is 2.16 bits per heavy atom. The normalized spacial score (nSPS) is 17.7. The predicted molar refractivity (Wildman–Crippen MR) is 98.1 cm³/mol. The highest BCUT2D eigenvalue weighted by Gasteiger charge is 2.30. The van der Waals surface area contributed by atoms with Gasteiger partial charge in [-0.05, 0) is 33.1 Å². The summed E-state index contributed by atoms with van der Waals surface area (Å²) in [7, 11) is 0. The summed E-state index contributed by atoms with van der Waals surface area (Å²) in [4.78, 5) is 6.76. The van der Waals surface area contributed by atoms with Gasteiger partial charge in [-0.1, -0.05) is 25.0 Å². The highest BCUT2D eigenvalue weighted by atomic mass is 16.5. The van der Waals surface area contributed by atoms with Crippen molar-refractivity contribution < 1.29 is 4.74 Å². The second-order valence-corrected chi connectivity index (χ2v) is 7.08. The van der Waals surface area contributed by atoms with E-state index in [9.17, 15) is 0 Å². The molecule has 0 radical (unpaired) electrons. The van der Waals surface area contributed by atoms with E-state index in [0.717, 1.165) is 30.0 Å². The number of ether oxygens (including phenoxy) is 1. The zero-order valence-electron chi connectivity index (χ0n) is 15.6. The molecule has 136 valence electrons. The fourth-order valence-corrected chi connectivity index (χ4v) is 3.22. The van der Waals surface area contributed by atoms with Crippen LogP contribution in [0.15, 0.2) is 24.7 Å². The molecule has 3 rings (SSSR count). The van der Waals surface area contributed by atoms with Gasteiger partial charge < -0.3 is 4.74 Å². The second kappa shape index (κ2) is 8.43. The van der Waals surface area contributed by atoms with Crippen molar-refractivity contribution in [3.63, 3.8) is 0 Å². The molecule has 6 heteroatoms. The Labute approximate surface area is 150 Å². The van der Waals surface area contributed by atoms with Gasteiger partial charge in [0.15, 0.2) is 0 Å². The fourth-order valence-electron chi connectivity index (χ4n) is 3.22. The van der Waals surface area contributed by atoms with E-state index in [2.05, 4.69) is 41.0 Å². The van der Waals surface area contributed by atoms with Crippen LogP contribution in [-0.2, 0) is 6.42 Å². The predicted octanol–water partition coefficient (Wildman–Crippen LogP) is 3.26. The summed E-state index contributed by atoms with van der Waals surface area (Å²) < 4.78 is 7.76. The summed E-state index contributed by atoms with van der Waals surface area (Å²) in [5.41, 5.74) is 1.92. The molecule has 3 heterocycles. The van der Waals surface area contributed by atoms with Crippen molar-refractivity contribution in [1.29, 1.82) is 0 Å². The molecule has 1 atom stereocenters. The van der Waals surface area contributed by atoms with Gasteiger partial charge in [0.2, 0.25) is 0 Å². The summed E-state index contributed by atoms with van der Waals surface area (Å²) in [6.07, 6.45) is 11.3. The van der Waals surface area contributed by atoms with Crippen molar-refractivity contribution in [3.05, 3.63) is 30.4 Å². The number of likely N-dealkylation sites (tertiary alicyclic amines) is 1. The molecule has 0 aliphatic carbocycles. The van der Waals surface area contributed by atoms with Gasteiger partial charge in [0, 0.05) is 24.7 Å². The van der Waals surface area contributed by atoms with Crippen molar-refractivity contribution in [2.75, 3.05) is 13.2 Å². The average molecular weight is 343 g/mol. The van der Waals surface area contributed by atoms with E-state index in [1.165, 1.54) is 25.8 Å². The lowest BCUT2D eigenvalue weighted by atomic mass is 10.0. The molecular weight excluding hydrogens is 314 g/mol. The molecule has 1 aliphatic heterocycles. The topological polar surface area (TPSA) is 56.1 Å². The zero-order chi connectivity index (χ0) is 17.6. The van der Waals surface area contributed by atoms with Crippen LogP contribution in [-0.4, -0.2) is 50.1 Å². The minimum Gasteiger partial charge on any atom is -0.490 e. The number of aryl methyl sites for hydroxylation is 1. The van der Waals surface area contributed by atoms with Crippen LogP contribution >= 0.6 is 0 Å². The monoisotopic (exact) mass is 343 g/mol. The minimum absolute atomic E-state index is 0.514. The van der Waals surface area contributed by atoms with E-state index in [-0.39, 0.29) is 0 Å². The van der Waals surface area contributed by atoms with Gasteiger partial charge in [-0.2, -0.15) is 0 Å². The molecule has 25 heavy (non-hydrogen) atoms. The molecule has 0 bridgehead atoms. The molecule has 0 unspecified atom stereocenters. The minimum atomic E-state index is 0.514. The third kappa shape index (κ3) is 4.57. The first-order valence-electron chi connectivity index (χ1n) is 9.42. The molecule has 0 amide bonds. The van der Waals surface area contributed by atoms with Crippen molar-refractivity contribution in [2.24, 2.45) is 0 Å². The van der Waals surface area contributed by atoms with Crippen molar-refractivity contribution >= 4 is 0 Å². The first-order valence-corrected chi connectivity index (χ1v) is 9.42. The third-order valence-electron chi connectivity index (χ3n) is 4.84. The average Bonchev–Trinajstić information content (AvgIpc) is 3.03. The molecule has 0 aromatic carbocycles. The van der Waals surface area contributed by atoms with Crippen LogP contribution in [0.2, 0.25) is 0 Å². The van der Waals surface area contributed by atoms with Gasteiger partial charge in [-0.15, -0.1) is 5.10 Å². The number of nitrogens with zero attached hydrogens (tertiary/aromatic N) is 5. The van der Waals surface area contributed by atoms with E-state index < -0.39 is 0 Å². The van der Waals surface area contributed by atoms with E-state index in [1.807, 2.05) is 12.3 Å². The number of hydrogen-bond donors (Lipinski definition) is 0. The molecule has 6 nitrogen and oxygen atoms in total. The molecule has 0 N–H and O–H groups in total. The lowest BCUT2D eigenvalue weighted by molar-refractivity contribution is 0.0241. The maximum absolute atomic E-state index is 5.97. The highest BCUT2D eigenvalue weighted by molar-refractivity contribution is 5.34. The van der Waals surface area contributed by atoms with E-state index in [1.54, 1.807) is 17.1 Å². The summed E-state index contributed by atoms with van der Waals surface area (Å²) >= 11 is 0. The maximum Gasteiger partial charge on any atom is 0.139 e. The third-order valence-corrected chi connectivity index (χ3v) is 4.84. The lowest BCUT2D eigenvalue weighted by Gasteiger charge is -2.43. The van der Waals surface area contributed by atoms with Gasteiger partial charge >= 0.3 is 0 Å². The number of pyridine rings is 1. The van der Waals surface area contributed by atoms with Gasteiger partial charge in [0.1, 0.15) is 12.4 Å². The Hall–Kier alpha value is -1.95. The van der Waals surface area contributed by atoms with E-state index in [0.29, 0.717) is 18.7 Å². The molecule has 1 aliphatic rings. The van der Waals surface area contributed by atoms with Gasteiger partial charge in [0.25, 0.3) is 0 Å². The molecular formula is C19H29N5O. The smallest absolute Gasteiger partial charge is 0.139 e. The summed E-state index contributed by atoms with van der Waals surface area (Å²) in [5, 5.41) is 8.48. The van der Waals surface area contributed by atoms with Gasteiger partial charge in [0.05, 0.1) is 30.0 Å². The van der Waals surface area contributed by atoms with Crippen LogP contribution in [0.3, 0.4) is 0 Å². The zero-order valence-corrected chi connectivity index (χ0v) is 15.6. The van der Waals surface area contributed by atoms with Gasteiger partial charge in [-0.3, -0.25) is 9.88 Å². The van der Waals surface area contributed by atoms with Crippen molar-refractivity contribution in [1.82, 2.24) is 24.9 Å². The van der Waals surface area contributed by atoms with E-state index in [4.69, 9.17) is 4.74 Å². The van der Waals surface area contributed by atoms with Crippen molar-refractivity contribution in [2.45, 2.75) is 65.0 Å². The van der Waals surface area contributed by atoms with Crippen LogP contribution in [0.4, 0.5) is 0 Å². The molecule has 1 fully saturated rings. The Morgan fingerprint density at radius 3 is 2.88 bits per heavy atom. The van der Waals surface area contributed by atoms with Crippen LogP contribution in [0.25, 0.3) is 5.69 Å². The quantitative estimate of drug-likeness (QED) is 0.654. The standard InChI is InChI=1S/C19H29N5O/c1-4-5-6-7-16-13-24(22-21-16)18-10-19(12-20-11-18)25-14-17-8-9-23(17)15(2)3/h10-13,15,17H,4-9,14H2,1-3H3/t17-/m0/s1. The van der Waals surface area contributed by atoms with Crippen LogP contribution in [0, 0.1) is 0 Å². The fraction of sp³-hybridized carbons (Fsp3) is 0.632. The largest absolute Gasteiger partial charge is 0.490 e. The van der Waals surface area contributed by atoms with Crippen LogP contribution in [0.5, 0.6) is 5.75 Å². The molecule has 1 saturated heterocycles. The lowest BCUT2D eigenvalue weighted by Crippen LogP contribution is -2.54. The number of unbranched alkanes of at least 4 members (excludes halogenated alkanes) is 2. The molecule has 0 saturated carbocycles. The Balaban J connectivity index is 1.58. The summed E-state index contributed by atoms with van der Waals surface area (Å²) in [6.45, 7) is 8.55. The molecule has 2 aromatic heterocycles. The number of rotatable bonds is 9. The summed E-state index contributed by atoms with van der Waals surface area (Å²) in [6, 6.07) is 3.07. The Kier molecular flexibility index (Phi) is 6.02. The summed E-state index contributed by atoms with van der Waals surface area (Å²) in [5.74, 6) is 0.788. The SMILES string of the molecule is CCCCCc1cn(-c2cncc(OC[C@@H]3CCN3C(C)C)c2)nn1. The highest BCUT2D eigenvalue weighted by Crippen LogP contribution is 2.22. The van der Waals surface area contributed by atoms with Crippen LogP contribution < -0.4 is 4.74 Å². The van der Waals surface area contributed by atoms with Gasteiger partial charge in [-0.25, -0.2) is 4.68 Å². The number of hydrogen-bond acceptors (Lipinski definition) is 5.